The van der Waals surface area contributed by atoms with Gasteiger partial charge in [0.15, 0.2) is 6.04 Å². The normalized spacial score (nSPS) is 17.4. The van der Waals surface area contributed by atoms with Crippen molar-refractivity contribution in [3.8, 4) is 0 Å². The van der Waals surface area contributed by atoms with Crippen LogP contribution in [0.1, 0.15) is 43.9 Å². The summed E-state index contributed by atoms with van der Waals surface area (Å²) in [4.78, 5) is 25.5. The molecule has 5 nitrogen and oxygen atoms in total. The zero-order valence-corrected chi connectivity index (χ0v) is 13.1. The summed E-state index contributed by atoms with van der Waals surface area (Å²) in [7, 11) is 0. The zero-order valence-electron chi connectivity index (χ0n) is 13.1. The number of benzene rings is 1. The molecule has 120 valence electrons. The Morgan fingerprint density at radius 2 is 2.09 bits per heavy atom. The fourth-order valence-electron chi connectivity index (χ4n) is 2.79. The van der Waals surface area contributed by atoms with Gasteiger partial charge in [-0.2, -0.15) is 0 Å². The van der Waals surface area contributed by atoms with Gasteiger partial charge in [0.2, 0.25) is 5.91 Å². The van der Waals surface area contributed by atoms with E-state index in [2.05, 4.69) is 0 Å². The molecule has 1 aromatic carbocycles. The van der Waals surface area contributed by atoms with Gasteiger partial charge in [-0.15, -0.1) is 0 Å². The SMILES string of the molecule is CC(C)OCCCC(=O)N1CCc2ccccc2C1C(=O)O. The molecule has 1 atom stereocenters. The van der Waals surface area contributed by atoms with Crippen molar-refractivity contribution in [2.75, 3.05) is 13.2 Å². The van der Waals surface area contributed by atoms with E-state index in [1.165, 1.54) is 4.90 Å². The molecule has 1 heterocycles. The first-order valence-corrected chi connectivity index (χ1v) is 7.72. The van der Waals surface area contributed by atoms with Gasteiger partial charge in [0.1, 0.15) is 0 Å². The predicted octanol–water partition coefficient (Wildman–Crippen LogP) is 2.40. The van der Waals surface area contributed by atoms with Crippen LogP contribution >= 0.6 is 0 Å². The number of fused-ring (bicyclic) bond motifs is 1. The number of nitrogens with zero attached hydrogens (tertiary/aromatic N) is 1. The summed E-state index contributed by atoms with van der Waals surface area (Å²) >= 11 is 0. The summed E-state index contributed by atoms with van der Waals surface area (Å²) in [5.74, 6) is -1.09. The Bertz CT molecular complexity index is 541. The summed E-state index contributed by atoms with van der Waals surface area (Å²) in [6.07, 6.45) is 1.78. The van der Waals surface area contributed by atoms with Crippen molar-refractivity contribution >= 4 is 11.9 Å². The summed E-state index contributed by atoms with van der Waals surface area (Å²) < 4.78 is 5.42. The van der Waals surface area contributed by atoms with E-state index in [4.69, 9.17) is 4.74 Å². The number of aliphatic carboxylic acids is 1. The van der Waals surface area contributed by atoms with Gasteiger partial charge < -0.3 is 14.7 Å². The second kappa shape index (κ2) is 7.40. The van der Waals surface area contributed by atoms with Crippen LogP contribution in [-0.4, -0.2) is 41.1 Å². The molecule has 1 aliphatic heterocycles. The number of ether oxygens (including phenoxy) is 1. The van der Waals surface area contributed by atoms with Crippen molar-refractivity contribution in [1.82, 2.24) is 4.90 Å². The molecule has 2 rings (SSSR count). The van der Waals surface area contributed by atoms with Gasteiger partial charge in [-0.3, -0.25) is 4.79 Å². The zero-order chi connectivity index (χ0) is 16.1. The molecule has 0 saturated heterocycles. The molecule has 0 aromatic heterocycles. The average Bonchev–Trinajstić information content (AvgIpc) is 2.49. The Hall–Kier alpha value is -1.88. The van der Waals surface area contributed by atoms with E-state index in [1.807, 2.05) is 32.0 Å². The average molecular weight is 305 g/mol. The molecule has 0 fully saturated rings. The number of hydrogen-bond donors (Lipinski definition) is 1. The maximum Gasteiger partial charge on any atom is 0.331 e. The molecule has 0 saturated carbocycles. The molecule has 0 spiro atoms. The largest absolute Gasteiger partial charge is 0.479 e. The van der Waals surface area contributed by atoms with E-state index in [1.54, 1.807) is 6.07 Å². The second-order valence-corrected chi connectivity index (χ2v) is 5.80. The van der Waals surface area contributed by atoms with Crippen LogP contribution < -0.4 is 0 Å². The van der Waals surface area contributed by atoms with Crippen LogP contribution in [0.5, 0.6) is 0 Å². The smallest absolute Gasteiger partial charge is 0.331 e. The molecule has 0 bridgehead atoms. The summed E-state index contributed by atoms with van der Waals surface area (Å²) in [6, 6.07) is 6.58. The van der Waals surface area contributed by atoms with Crippen molar-refractivity contribution in [2.45, 2.75) is 45.3 Å². The Kier molecular flexibility index (Phi) is 5.55. The third-order valence-corrected chi connectivity index (χ3v) is 3.82. The van der Waals surface area contributed by atoms with Crippen molar-refractivity contribution in [3.05, 3.63) is 35.4 Å². The van der Waals surface area contributed by atoms with E-state index in [0.717, 1.165) is 11.1 Å². The number of carbonyl (C=O) groups excluding carboxylic acids is 1. The number of amides is 1. The van der Waals surface area contributed by atoms with E-state index in [-0.39, 0.29) is 12.0 Å². The minimum atomic E-state index is -0.973. The molecule has 5 heteroatoms. The molecule has 1 N–H and O–H groups in total. The lowest BCUT2D eigenvalue weighted by Gasteiger charge is -2.34. The van der Waals surface area contributed by atoms with Gasteiger partial charge in [0, 0.05) is 19.6 Å². The first-order valence-electron chi connectivity index (χ1n) is 7.72. The van der Waals surface area contributed by atoms with Crippen LogP contribution in [0.3, 0.4) is 0 Å². The molecule has 1 amide bonds. The number of carboxylic acid groups (broad SMARTS) is 1. The van der Waals surface area contributed by atoms with E-state index >= 15 is 0 Å². The van der Waals surface area contributed by atoms with Gasteiger partial charge in [0.25, 0.3) is 0 Å². The van der Waals surface area contributed by atoms with E-state index in [9.17, 15) is 14.7 Å². The van der Waals surface area contributed by atoms with Crippen molar-refractivity contribution in [1.29, 1.82) is 0 Å². The van der Waals surface area contributed by atoms with Gasteiger partial charge in [-0.1, -0.05) is 24.3 Å². The number of carbonyl (C=O) groups is 2. The highest BCUT2D eigenvalue weighted by Crippen LogP contribution is 2.30. The molecule has 0 aliphatic carbocycles. The minimum absolute atomic E-state index is 0.116. The number of rotatable bonds is 6. The van der Waals surface area contributed by atoms with Crippen molar-refractivity contribution in [3.63, 3.8) is 0 Å². The van der Waals surface area contributed by atoms with Crippen LogP contribution in [0, 0.1) is 0 Å². The van der Waals surface area contributed by atoms with Crippen molar-refractivity contribution < 1.29 is 19.4 Å². The van der Waals surface area contributed by atoms with Gasteiger partial charge in [0.05, 0.1) is 6.10 Å². The maximum absolute atomic E-state index is 12.4. The number of hydrogen-bond acceptors (Lipinski definition) is 3. The lowest BCUT2D eigenvalue weighted by molar-refractivity contribution is -0.151. The molecule has 1 aliphatic rings. The van der Waals surface area contributed by atoms with Crippen LogP contribution in [-0.2, 0) is 20.7 Å². The highest BCUT2D eigenvalue weighted by Gasteiger charge is 2.35. The first kappa shape index (κ1) is 16.5. The quantitative estimate of drug-likeness (QED) is 0.820. The monoisotopic (exact) mass is 305 g/mol. The Morgan fingerprint density at radius 1 is 1.36 bits per heavy atom. The molecule has 0 radical (unpaired) electrons. The third-order valence-electron chi connectivity index (χ3n) is 3.82. The van der Waals surface area contributed by atoms with Crippen LogP contribution in [0.2, 0.25) is 0 Å². The third kappa shape index (κ3) is 3.85. The van der Waals surface area contributed by atoms with Crippen LogP contribution in [0.15, 0.2) is 24.3 Å². The molecular formula is C17H23NO4. The summed E-state index contributed by atoms with van der Waals surface area (Å²) in [5, 5.41) is 9.53. The summed E-state index contributed by atoms with van der Waals surface area (Å²) in [5.41, 5.74) is 1.75. The van der Waals surface area contributed by atoms with E-state index in [0.29, 0.717) is 32.4 Å². The standard InChI is InChI=1S/C17H23NO4/c1-12(2)22-11-5-8-15(19)18-10-9-13-6-3-4-7-14(13)16(18)17(20)21/h3-4,6-7,12,16H,5,8-11H2,1-2H3,(H,20,21). The lowest BCUT2D eigenvalue weighted by Crippen LogP contribution is -2.43. The molecule has 22 heavy (non-hydrogen) atoms. The fourth-order valence-corrected chi connectivity index (χ4v) is 2.79. The predicted molar refractivity (Wildman–Crippen MR) is 82.6 cm³/mol. The highest BCUT2D eigenvalue weighted by molar-refractivity contribution is 5.85. The second-order valence-electron chi connectivity index (χ2n) is 5.80. The van der Waals surface area contributed by atoms with Crippen LogP contribution in [0.4, 0.5) is 0 Å². The lowest BCUT2D eigenvalue weighted by atomic mass is 9.92. The van der Waals surface area contributed by atoms with E-state index < -0.39 is 12.0 Å². The van der Waals surface area contributed by atoms with Gasteiger partial charge in [-0.05, 0) is 37.8 Å². The number of carboxylic acids is 1. The highest BCUT2D eigenvalue weighted by atomic mass is 16.5. The van der Waals surface area contributed by atoms with Gasteiger partial charge >= 0.3 is 5.97 Å². The minimum Gasteiger partial charge on any atom is -0.479 e. The Balaban J connectivity index is 2.04. The molecular weight excluding hydrogens is 282 g/mol. The first-order chi connectivity index (χ1) is 10.5. The van der Waals surface area contributed by atoms with Gasteiger partial charge in [-0.25, -0.2) is 4.79 Å². The maximum atomic E-state index is 12.4. The topological polar surface area (TPSA) is 66.8 Å². The van der Waals surface area contributed by atoms with Crippen molar-refractivity contribution in [2.24, 2.45) is 0 Å². The molecule has 1 aromatic rings. The Labute approximate surface area is 130 Å². The molecule has 1 unspecified atom stereocenters. The Morgan fingerprint density at radius 3 is 2.77 bits per heavy atom. The summed E-state index contributed by atoms with van der Waals surface area (Å²) in [6.45, 7) is 4.87. The van der Waals surface area contributed by atoms with Crippen LogP contribution in [0.25, 0.3) is 0 Å². The fraction of sp³-hybridized carbons (Fsp3) is 0.529.